The quantitative estimate of drug-likeness (QED) is 0.872. The lowest BCUT2D eigenvalue weighted by atomic mass is 10.1. The molecule has 6 nitrogen and oxygen atoms in total. The number of carbonyl (C=O) groups is 2. The molecule has 0 unspecified atom stereocenters. The average molecular weight is 285 g/mol. The molecule has 0 saturated carbocycles. The Morgan fingerprint density at radius 3 is 2.52 bits per heavy atom. The highest BCUT2D eigenvalue weighted by Crippen LogP contribution is 2.04. The number of hydrogen-bond acceptors (Lipinski definition) is 4. The molecule has 1 aromatic heterocycles. The van der Waals surface area contributed by atoms with Gasteiger partial charge in [0.1, 0.15) is 6.61 Å². The molecule has 0 bridgehead atoms. The predicted octanol–water partition coefficient (Wildman–Crippen LogP) is 1.61. The predicted molar refractivity (Wildman–Crippen MR) is 76.2 cm³/mol. The fourth-order valence-corrected chi connectivity index (χ4v) is 1.64. The van der Waals surface area contributed by atoms with Crippen LogP contribution in [0.1, 0.15) is 21.5 Å². The molecule has 2 aromatic rings. The normalized spacial score (nSPS) is 9.90. The van der Waals surface area contributed by atoms with Gasteiger partial charge in [0.25, 0.3) is 0 Å². The van der Waals surface area contributed by atoms with E-state index in [1.54, 1.807) is 42.7 Å². The van der Waals surface area contributed by atoms with Gasteiger partial charge in [-0.3, -0.25) is 9.78 Å². The van der Waals surface area contributed by atoms with Crippen molar-refractivity contribution in [3.05, 3.63) is 65.5 Å². The van der Waals surface area contributed by atoms with Crippen LogP contribution >= 0.6 is 0 Å². The van der Waals surface area contributed by atoms with Crippen molar-refractivity contribution in [3.63, 3.8) is 0 Å². The van der Waals surface area contributed by atoms with Gasteiger partial charge in [-0.25, -0.2) is 4.79 Å². The van der Waals surface area contributed by atoms with Crippen molar-refractivity contribution < 1.29 is 14.3 Å². The molecule has 0 radical (unpaired) electrons. The number of amides is 2. The highest BCUT2D eigenvalue weighted by molar-refractivity contribution is 5.92. The number of ether oxygens (including phenoxy) is 1. The van der Waals surface area contributed by atoms with Crippen LogP contribution in [0.4, 0.5) is 4.79 Å². The van der Waals surface area contributed by atoms with Gasteiger partial charge in [0.2, 0.25) is 5.91 Å². The summed E-state index contributed by atoms with van der Waals surface area (Å²) in [6.07, 6.45) is 2.77. The van der Waals surface area contributed by atoms with Crippen LogP contribution in [0.3, 0.4) is 0 Å². The number of nitrogens with two attached hydrogens (primary N) is 1. The number of rotatable bonds is 5. The Bertz CT molecular complexity index is 612. The topological polar surface area (TPSA) is 94.3 Å². The van der Waals surface area contributed by atoms with E-state index in [9.17, 15) is 9.59 Å². The molecule has 0 spiro atoms. The van der Waals surface area contributed by atoms with E-state index in [4.69, 9.17) is 10.5 Å². The maximum atomic E-state index is 11.5. The van der Waals surface area contributed by atoms with Gasteiger partial charge in [0, 0.05) is 30.1 Å². The van der Waals surface area contributed by atoms with Crippen LogP contribution in [0, 0.1) is 0 Å². The number of nitrogens with one attached hydrogen (secondary N) is 1. The SMILES string of the molecule is NC(=O)c1ccc(CNC(=O)OCc2cccnc2)cc1. The summed E-state index contributed by atoms with van der Waals surface area (Å²) < 4.78 is 5.05. The summed E-state index contributed by atoms with van der Waals surface area (Å²) >= 11 is 0. The van der Waals surface area contributed by atoms with Gasteiger partial charge in [-0.2, -0.15) is 0 Å². The highest BCUT2D eigenvalue weighted by Gasteiger charge is 2.04. The molecule has 1 heterocycles. The number of primary amides is 1. The van der Waals surface area contributed by atoms with E-state index in [1.807, 2.05) is 6.07 Å². The maximum absolute atomic E-state index is 11.5. The van der Waals surface area contributed by atoms with Crippen molar-refractivity contribution in [2.45, 2.75) is 13.2 Å². The van der Waals surface area contributed by atoms with E-state index in [0.29, 0.717) is 12.1 Å². The minimum absolute atomic E-state index is 0.167. The fraction of sp³-hybridized carbons (Fsp3) is 0.133. The lowest BCUT2D eigenvalue weighted by molar-refractivity contribution is 0.1000. The second-order valence-corrected chi connectivity index (χ2v) is 4.35. The van der Waals surface area contributed by atoms with Crippen LogP contribution in [0.15, 0.2) is 48.8 Å². The Kier molecular flexibility index (Phi) is 4.87. The van der Waals surface area contributed by atoms with Crippen LogP contribution in [0.25, 0.3) is 0 Å². The van der Waals surface area contributed by atoms with Gasteiger partial charge in [0.05, 0.1) is 0 Å². The van der Waals surface area contributed by atoms with Crippen molar-refractivity contribution in [2.24, 2.45) is 5.73 Å². The molecular weight excluding hydrogens is 270 g/mol. The minimum Gasteiger partial charge on any atom is -0.445 e. The third-order valence-electron chi connectivity index (χ3n) is 2.77. The molecule has 0 fully saturated rings. The smallest absolute Gasteiger partial charge is 0.407 e. The summed E-state index contributed by atoms with van der Waals surface area (Å²) in [5.41, 5.74) is 7.24. The summed E-state index contributed by atoms with van der Waals surface area (Å²) in [5, 5.41) is 2.62. The lowest BCUT2D eigenvalue weighted by Crippen LogP contribution is -2.23. The zero-order valence-electron chi connectivity index (χ0n) is 11.3. The number of hydrogen-bond donors (Lipinski definition) is 2. The molecule has 108 valence electrons. The number of carbonyl (C=O) groups excluding carboxylic acids is 2. The van der Waals surface area contributed by atoms with E-state index >= 15 is 0 Å². The molecular formula is C15H15N3O3. The molecule has 1 aromatic carbocycles. The number of benzene rings is 1. The fourth-order valence-electron chi connectivity index (χ4n) is 1.64. The van der Waals surface area contributed by atoms with E-state index in [-0.39, 0.29) is 6.61 Å². The van der Waals surface area contributed by atoms with Crippen molar-refractivity contribution in [1.82, 2.24) is 10.3 Å². The van der Waals surface area contributed by atoms with Crippen LogP contribution in [-0.4, -0.2) is 17.0 Å². The van der Waals surface area contributed by atoms with Gasteiger partial charge < -0.3 is 15.8 Å². The van der Waals surface area contributed by atoms with E-state index in [0.717, 1.165) is 11.1 Å². The zero-order chi connectivity index (χ0) is 15.1. The molecule has 0 atom stereocenters. The first-order valence-corrected chi connectivity index (χ1v) is 6.33. The molecule has 0 aliphatic carbocycles. The van der Waals surface area contributed by atoms with Gasteiger partial charge in [0.15, 0.2) is 0 Å². The van der Waals surface area contributed by atoms with Gasteiger partial charge in [-0.15, -0.1) is 0 Å². The first-order chi connectivity index (χ1) is 10.1. The van der Waals surface area contributed by atoms with Gasteiger partial charge in [-0.05, 0) is 23.8 Å². The van der Waals surface area contributed by atoms with Crippen LogP contribution in [0.5, 0.6) is 0 Å². The van der Waals surface area contributed by atoms with Crippen LogP contribution in [-0.2, 0) is 17.9 Å². The third kappa shape index (κ3) is 4.61. The van der Waals surface area contributed by atoms with E-state index in [1.165, 1.54) is 0 Å². The number of nitrogens with zero attached hydrogens (tertiary/aromatic N) is 1. The Hall–Kier alpha value is -2.89. The second kappa shape index (κ2) is 7.04. The molecule has 0 saturated heterocycles. The number of pyridine rings is 1. The maximum Gasteiger partial charge on any atom is 0.407 e. The Morgan fingerprint density at radius 1 is 1.14 bits per heavy atom. The monoisotopic (exact) mass is 285 g/mol. The first-order valence-electron chi connectivity index (χ1n) is 6.33. The molecule has 6 heteroatoms. The summed E-state index contributed by atoms with van der Waals surface area (Å²) in [6, 6.07) is 10.3. The Labute approximate surface area is 121 Å². The van der Waals surface area contributed by atoms with E-state index in [2.05, 4.69) is 10.3 Å². The number of aromatic nitrogens is 1. The van der Waals surface area contributed by atoms with Gasteiger partial charge >= 0.3 is 6.09 Å². The Balaban J connectivity index is 1.77. The van der Waals surface area contributed by atoms with Crippen LogP contribution < -0.4 is 11.1 Å². The summed E-state index contributed by atoms with van der Waals surface area (Å²) in [5.74, 6) is -0.481. The van der Waals surface area contributed by atoms with E-state index < -0.39 is 12.0 Å². The minimum atomic E-state index is -0.516. The van der Waals surface area contributed by atoms with Crippen molar-refractivity contribution in [3.8, 4) is 0 Å². The molecule has 2 amide bonds. The van der Waals surface area contributed by atoms with Crippen molar-refractivity contribution >= 4 is 12.0 Å². The van der Waals surface area contributed by atoms with Crippen molar-refractivity contribution in [1.29, 1.82) is 0 Å². The molecule has 3 N–H and O–H groups in total. The molecule has 0 aliphatic heterocycles. The first kappa shape index (κ1) is 14.5. The Morgan fingerprint density at radius 2 is 1.90 bits per heavy atom. The lowest BCUT2D eigenvalue weighted by Gasteiger charge is -2.07. The summed E-state index contributed by atoms with van der Waals surface area (Å²) in [6.45, 7) is 0.477. The molecule has 2 rings (SSSR count). The second-order valence-electron chi connectivity index (χ2n) is 4.35. The molecule has 21 heavy (non-hydrogen) atoms. The third-order valence-corrected chi connectivity index (χ3v) is 2.77. The average Bonchev–Trinajstić information content (AvgIpc) is 2.52. The standard InChI is InChI=1S/C15H15N3O3/c16-14(19)13-5-3-11(4-6-13)9-18-15(20)21-10-12-2-1-7-17-8-12/h1-8H,9-10H2,(H2,16,19)(H,18,20). The summed E-state index contributed by atoms with van der Waals surface area (Å²) in [4.78, 5) is 26.4. The largest absolute Gasteiger partial charge is 0.445 e. The highest BCUT2D eigenvalue weighted by atomic mass is 16.5. The van der Waals surface area contributed by atoms with Gasteiger partial charge in [-0.1, -0.05) is 18.2 Å². The van der Waals surface area contributed by atoms with Crippen molar-refractivity contribution in [2.75, 3.05) is 0 Å². The van der Waals surface area contributed by atoms with Crippen LogP contribution in [0.2, 0.25) is 0 Å². The molecule has 0 aliphatic rings. The zero-order valence-corrected chi connectivity index (χ0v) is 11.3. The number of alkyl carbamates (subject to hydrolysis) is 1. The summed E-state index contributed by atoms with van der Waals surface area (Å²) in [7, 11) is 0.